The number of hydrogen-bond acceptors (Lipinski definition) is 3. The first-order chi connectivity index (χ1) is 3.81. The summed E-state index contributed by atoms with van der Waals surface area (Å²) in [5.74, 6) is 0.416. The largest absolute Gasteiger partial charge is 0.439 e. The molecule has 3 nitrogen and oxygen atoms in total. The van der Waals surface area contributed by atoms with Crippen LogP contribution in [0.15, 0.2) is 0 Å². The number of rotatable bonds is 2. The molecule has 0 aromatic rings. The van der Waals surface area contributed by atoms with E-state index in [0.29, 0.717) is 5.94 Å². The van der Waals surface area contributed by atoms with Gasteiger partial charge in [-0.15, -0.1) is 11.8 Å². The van der Waals surface area contributed by atoms with Gasteiger partial charge in [-0.05, 0) is 6.26 Å². The molecule has 0 aromatic carbocycles. The van der Waals surface area contributed by atoms with Gasteiger partial charge in [-0.2, -0.15) is 0 Å². The Hall–Kier alpha value is -0.380. The monoisotopic (exact) mass is 135 g/mol. The van der Waals surface area contributed by atoms with Crippen molar-refractivity contribution in [3.05, 3.63) is 0 Å². The van der Waals surface area contributed by atoms with Crippen LogP contribution in [-0.2, 0) is 4.74 Å². The molecule has 0 aromatic heterocycles. The normalized spacial score (nSPS) is 8.25. The van der Waals surface area contributed by atoms with Crippen LogP contribution in [0.4, 0.5) is 4.79 Å². The molecule has 0 saturated heterocycles. The predicted octanol–water partition coefficient (Wildman–Crippen LogP) is 0.663. The molecule has 0 bridgehead atoms. The Labute approximate surface area is 52.8 Å². The highest BCUT2D eigenvalue weighted by Crippen LogP contribution is 1.90. The van der Waals surface area contributed by atoms with Gasteiger partial charge in [-0.25, -0.2) is 4.79 Å². The summed E-state index contributed by atoms with van der Waals surface area (Å²) < 4.78 is 4.55. The van der Waals surface area contributed by atoms with Crippen LogP contribution >= 0.6 is 11.8 Å². The molecule has 0 spiro atoms. The number of carbonyl (C=O) groups excluding carboxylic acids is 1. The number of hydrogen-bond donors (Lipinski definition) is 1. The van der Waals surface area contributed by atoms with Gasteiger partial charge in [-0.1, -0.05) is 0 Å². The van der Waals surface area contributed by atoms with Crippen LogP contribution < -0.4 is 5.32 Å². The highest BCUT2D eigenvalue weighted by atomic mass is 32.2. The average molecular weight is 135 g/mol. The molecule has 1 N–H and O–H groups in total. The summed E-state index contributed by atoms with van der Waals surface area (Å²) >= 11 is 1.46. The molecule has 4 heteroatoms. The van der Waals surface area contributed by atoms with Crippen LogP contribution in [0.3, 0.4) is 0 Å². The van der Waals surface area contributed by atoms with Crippen LogP contribution in [0.25, 0.3) is 0 Å². The first kappa shape index (κ1) is 7.62. The van der Waals surface area contributed by atoms with E-state index >= 15 is 0 Å². The number of nitrogens with one attached hydrogen (secondary N) is 1. The van der Waals surface area contributed by atoms with Crippen molar-refractivity contribution in [2.75, 3.05) is 19.2 Å². The number of alkyl carbamates (subject to hydrolysis) is 1. The smallest absolute Gasteiger partial charge is 0.407 e. The highest BCUT2D eigenvalue weighted by Gasteiger charge is 1.92. The van der Waals surface area contributed by atoms with E-state index in [9.17, 15) is 4.79 Å². The number of amides is 1. The molecule has 1 amide bonds. The fraction of sp³-hybridized carbons (Fsp3) is 0.750. The summed E-state index contributed by atoms with van der Waals surface area (Å²) in [6, 6.07) is 0. The minimum Gasteiger partial charge on any atom is -0.439 e. The summed E-state index contributed by atoms with van der Waals surface area (Å²) in [6.45, 7) is 0. The topological polar surface area (TPSA) is 38.3 Å². The lowest BCUT2D eigenvalue weighted by Gasteiger charge is -1.98. The Bertz CT molecular complexity index is 76.4. The molecule has 0 saturated carbocycles. The zero-order valence-electron chi connectivity index (χ0n) is 4.93. The molecule has 0 aliphatic rings. The van der Waals surface area contributed by atoms with Gasteiger partial charge in [0, 0.05) is 7.05 Å². The van der Waals surface area contributed by atoms with E-state index in [0.717, 1.165) is 0 Å². The fourth-order valence-corrected chi connectivity index (χ4v) is 0.410. The summed E-state index contributed by atoms with van der Waals surface area (Å²) in [6.07, 6.45) is 1.49. The van der Waals surface area contributed by atoms with Gasteiger partial charge in [0.1, 0.15) is 5.94 Å². The molecule has 48 valence electrons. The molecule has 0 rings (SSSR count). The van der Waals surface area contributed by atoms with E-state index < -0.39 is 0 Å². The van der Waals surface area contributed by atoms with E-state index in [1.54, 1.807) is 0 Å². The van der Waals surface area contributed by atoms with Crippen molar-refractivity contribution in [1.29, 1.82) is 0 Å². The number of carbonyl (C=O) groups is 1. The van der Waals surface area contributed by atoms with Crippen molar-refractivity contribution < 1.29 is 9.53 Å². The quantitative estimate of drug-likeness (QED) is 0.565. The molecule has 0 aliphatic carbocycles. The van der Waals surface area contributed by atoms with E-state index in [-0.39, 0.29) is 6.09 Å². The molecule has 8 heavy (non-hydrogen) atoms. The summed E-state index contributed by atoms with van der Waals surface area (Å²) in [5.41, 5.74) is 0. The first-order valence-corrected chi connectivity index (χ1v) is 3.54. The Morgan fingerprint density at radius 2 is 2.50 bits per heavy atom. The van der Waals surface area contributed by atoms with E-state index in [4.69, 9.17) is 0 Å². The van der Waals surface area contributed by atoms with Gasteiger partial charge in [0.2, 0.25) is 0 Å². The fourth-order valence-electron chi connectivity index (χ4n) is 0.185. The molecule has 0 unspecified atom stereocenters. The van der Waals surface area contributed by atoms with Crippen molar-refractivity contribution in [3.63, 3.8) is 0 Å². The lowest BCUT2D eigenvalue weighted by Crippen LogP contribution is -2.18. The van der Waals surface area contributed by atoms with E-state index in [1.807, 2.05) is 6.26 Å². The second-order valence-corrected chi connectivity index (χ2v) is 1.90. The zero-order valence-corrected chi connectivity index (χ0v) is 5.75. The number of thioether (sulfide) groups is 1. The average Bonchev–Trinajstić information content (AvgIpc) is 1.83. The number of ether oxygens (including phenoxy) is 1. The molecular weight excluding hydrogens is 126 g/mol. The maximum atomic E-state index is 10.2. The molecule has 0 aliphatic heterocycles. The first-order valence-electron chi connectivity index (χ1n) is 2.14. The van der Waals surface area contributed by atoms with Crippen molar-refractivity contribution in [1.82, 2.24) is 5.32 Å². The summed E-state index contributed by atoms with van der Waals surface area (Å²) in [4.78, 5) is 10.2. The van der Waals surface area contributed by atoms with Crippen LogP contribution in [-0.4, -0.2) is 25.3 Å². The second-order valence-electron chi connectivity index (χ2n) is 1.09. The van der Waals surface area contributed by atoms with Crippen molar-refractivity contribution in [2.45, 2.75) is 0 Å². The Kier molecular flexibility index (Phi) is 4.54. The molecular formula is C4H9NO2S. The third-order valence-electron chi connectivity index (χ3n) is 0.512. The second kappa shape index (κ2) is 4.77. The van der Waals surface area contributed by atoms with Crippen LogP contribution in [0, 0.1) is 0 Å². The van der Waals surface area contributed by atoms with Crippen LogP contribution in [0.1, 0.15) is 0 Å². The highest BCUT2D eigenvalue weighted by molar-refractivity contribution is 7.98. The van der Waals surface area contributed by atoms with Gasteiger partial charge in [-0.3, -0.25) is 0 Å². The standard InChI is InChI=1S/C4H9NO2S/c1-5-4(6)7-3-8-2/h3H2,1-2H3,(H,5,6). The Morgan fingerprint density at radius 3 is 2.88 bits per heavy atom. The van der Waals surface area contributed by atoms with Crippen molar-refractivity contribution >= 4 is 17.9 Å². The third-order valence-corrected chi connectivity index (χ3v) is 0.866. The summed E-state index contributed by atoms with van der Waals surface area (Å²) in [7, 11) is 1.53. The van der Waals surface area contributed by atoms with Crippen LogP contribution in [0.2, 0.25) is 0 Å². The van der Waals surface area contributed by atoms with Crippen molar-refractivity contribution in [3.8, 4) is 0 Å². The predicted molar refractivity (Wildman–Crippen MR) is 33.9 cm³/mol. The maximum absolute atomic E-state index is 10.2. The molecule has 0 fully saturated rings. The van der Waals surface area contributed by atoms with Gasteiger partial charge in [0.15, 0.2) is 0 Å². The SMILES string of the molecule is CNC(=O)OCSC. The van der Waals surface area contributed by atoms with Gasteiger partial charge in [0.05, 0.1) is 0 Å². The lowest BCUT2D eigenvalue weighted by atomic mass is 11.1. The molecule has 0 atom stereocenters. The maximum Gasteiger partial charge on any atom is 0.407 e. The Morgan fingerprint density at radius 1 is 1.88 bits per heavy atom. The lowest BCUT2D eigenvalue weighted by molar-refractivity contribution is 0.168. The van der Waals surface area contributed by atoms with Crippen molar-refractivity contribution in [2.24, 2.45) is 0 Å². The Balaban J connectivity index is 2.99. The van der Waals surface area contributed by atoms with Gasteiger partial charge >= 0.3 is 6.09 Å². The van der Waals surface area contributed by atoms with E-state index in [1.165, 1.54) is 18.8 Å². The van der Waals surface area contributed by atoms with Gasteiger partial charge < -0.3 is 10.1 Å². The minimum absolute atomic E-state index is 0.376. The molecule has 0 radical (unpaired) electrons. The van der Waals surface area contributed by atoms with Gasteiger partial charge in [0.25, 0.3) is 0 Å². The minimum atomic E-state index is -0.376. The summed E-state index contributed by atoms with van der Waals surface area (Å²) in [5, 5.41) is 2.33. The van der Waals surface area contributed by atoms with E-state index in [2.05, 4.69) is 10.1 Å². The van der Waals surface area contributed by atoms with Crippen LogP contribution in [0.5, 0.6) is 0 Å². The zero-order chi connectivity index (χ0) is 6.41. The third kappa shape index (κ3) is 3.80. The molecule has 0 heterocycles.